The number of carbonyl (C=O) groups is 1. The van der Waals surface area contributed by atoms with Crippen LogP contribution >= 0.6 is 12.4 Å². The fourth-order valence-electron chi connectivity index (χ4n) is 1.54. The van der Waals surface area contributed by atoms with Crippen molar-refractivity contribution in [1.29, 1.82) is 0 Å². The Kier molecular flexibility index (Phi) is 5.89. The first-order valence-corrected chi connectivity index (χ1v) is 4.84. The molecule has 1 aliphatic rings. The highest BCUT2D eigenvalue weighted by Gasteiger charge is 2.31. The summed E-state index contributed by atoms with van der Waals surface area (Å²) >= 11 is 0. The van der Waals surface area contributed by atoms with Gasteiger partial charge < -0.3 is 10.5 Å². The molecule has 6 heteroatoms. The van der Waals surface area contributed by atoms with Gasteiger partial charge in [-0.05, 0) is 12.8 Å². The molecule has 3 nitrogen and oxygen atoms in total. The van der Waals surface area contributed by atoms with Crippen LogP contribution in [0.25, 0.3) is 0 Å². The molecule has 0 unspecified atom stereocenters. The summed E-state index contributed by atoms with van der Waals surface area (Å²) in [5.41, 5.74) is 6.34. The van der Waals surface area contributed by atoms with Crippen molar-refractivity contribution in [2.45, 2.75) is 37.6 Å². The minimum atomic E-state index is -2.60. The SMILES string of the molecule is COC(=O)[C@@H](N)CC1=CCC(F)(F)CC1.Cl. The van der Waals surface area contributed by atoms with Crippen LogP contribution in [0.15, 0.2) is 11.6 Å². The lowest BCUT2D eigenvalue weighted by molar-refractivity contribution is -0.142. The zero-order valence-electron chi connectivity index (χ0n) is 9.04. The second-order valence-corrected chi connectivity index (χ2v) is 3.76. The molecule has 94 valence electrons. The van der Waals surface area contributed by atoms with Gasteiger partial charge in [0.15, 0.2) is 0 Å². The maximum atomic E-state index is 12.8. The molecule has 1 atom stereocenters. The number of esters is 1. The van der Waals surface area contributed by atoms with Crippen molar-refractivity contribution in [1.82, 2.24) is 0 Å². The Labute approximate surface area is 99.4 Å². The van der Waals surface area contributed by atoms with Gasteiger partial charge in [0.2, 0.25) is 0 Å². The normalized spacial score (nSPS) is 20.4. The van der Waals surface area contributed by atoms with Crippen LogP contribution in [0.2, 0.25) is 0 Å². The number of ether oxygens (including phenoxy) is 1. The van der Waals surface area contributed by atoms with Gasteiger partial charge in [-0.3, -0.25) is 4.79 Å². The van der Waals surface area contributed by atoms with Crippen LogP contribution in [-0.4, -0.2) is 25.0 Å². The summed E-state index contributed by atoms with van der Waals surface area (Å²) < 4.78 is 30.0. The molecule has 0 aromatic rings. The largest absolute Gasteiger partial charge is 0.468 e. The van der Waals surface area contributed by atoms with Crippen LogP contribution in [0.4, 0.5) is 8.78 Å². The lowest BCUT2D eigenvalue weighted by atomic mass is 9.92. The molecule has 2 N–H and O–H groups in total. The molecule has 0 heterocycles. The van der Waals surface area contributed by atoms with Gasteiger partial charge in [-0.25, -0.2) is 8.78 Å². The average Bonchev–Trinajstić information content (AvgIpc) is 2.20. The third-order valence-corrected chi connectivity index (χ3v) is 2.49. The van der Waals surface area contributed by atoms with Crippen molar-refractivity contribution in [2.75, 3.05) is 7.11 Å². The van der Waals surface area contributed by atoms with E-state index in [-0.39, 0.29) is 25.2 Å². The van der Waals surface area contributed by atoms with Gasteiger partial charge in [-0.15, -0.1) is 12.4 Å². The lowest BCUT2D eigenvalue weighted by Crippen LogP contribution is -2.32. The molecule has 1 rings (SSSR count). The molecular weight excluding hydrogens is 240 g/mol. The highest BCUT2D eigenvalue weighted by Crippen LogP contribution is 2.33. The number of hydrogen-bond donors (Lipinski definition) is 1. The zero-order chi connectivity index (χ0) is 11.5. The van der Waals surface area contributed by atoms with E-state index in [0.717, 1.165) is 5.57 Å². The van der Waals surface area contributed by atoms with Crippen molar-refractivity contribution in [3.05, 3.63) is 11.6 Å². The summed E-state index contributed by atoms with van der Waals surface area (Å²) in [4.78, 5) is 11.0. The predicted octanol–water partition coefficient (Wildman–Crippen LogP) is 2.04. The van der Waals surface area contributed by atoms with E-state index in [1.165, 1.54) is 13.2 Å². The van der Waals surface area contributed by atoms with Crippen molar-refractivity contribution in [3.63, 3.8) is 0 Å². The Morgan fingerprint density at radius 2 is 2.31 bits per heavy atom. The quantitative estimate of drug-likeness (QED) is 0.620. The van der Waals surface area contributed by atoms with Gasteiger partial charge in [-0.1, -0.05) is 11.6 Å². The smallest absolute Gasteiger partial charge is 0.322 e. The first kappa shape index (κ1) is 15.3. The second-order valence-electron chi connectivity index (χ2n) is 3.76. The second kappa shape index (κ2) is 6.15. The molecule has 0 aromatic carbocycles. The van der Waals surface area contributed by atoms with E-state index in [4.69, 9.17) is 5.73 Å². The molecule has 0 radical (unpaired) electrons. The number of allylic oxidation sites excluding steroid dienone is 1. The lowest BCUT2D eigenvalue weighted by Gasteiger charge is -2.22. The number of halogens is 3. The maximum Gasteiger partial charge on any atom is 0.322 e. The maximum absolute atomic E-state index is 12.8. The molecule has 0 spiro atoms. The Bertz CT molecular complexity index is 282. The van der Waals surface area contributed by atoms with Crippen LogP contribution in [0.1, 0.15) is 25.7 Å². The van der Waals surface area contributed by atoms with Crippen molar-refractivity contribution in [2.24, 2.45) is 5.73 Å². The number of carbonyl (C=O) groups excluding carboxylic acids is 1. The first-order valence-electron chi connectivity index (χ1n) is 4.84. The summed E-state index contributed by atoms with van der Waals surface area (Å²) in [5, 5.41) is 0. The number of rotatable bonds is 3. The highest BCUT2D eigenvalue weighted by atomic mass is 35.5. The monoisotopic (exact) mass is 255 g/mol. The summed E-state index contributed by atoms with van der Waals surface area (Å²) in [5.74, 6) is -3.10. The van der Waals surface area contributed by atoms with Gasteiger partial charge >= 0.3 is 5.97 Å². The molecule has 0 bridgehead atoms. The molecule has 0 amide bonds. The number of hydrogen-bond acceptors (Lipinski definition) is 3. The Morgan fingerprint density at radius 1 is 1.69 bits per heavy atom. The Morgan fingerprint density at radius 3 is 2.75 bits per heavy atom. The van der Waals surface area contributed by atoms with Crippen LogP contribution in [0.3, 0.4) is 0 Å². The minimum Gasteiger partial charge on any atom is -0.468 e. The van der Waals surface area contributed by atoms with Crippen LogP contribution in [0, 0.1) is 0 Å². The van der Waals surface area contributed by atoms with Crippen LogP contribution in [0.5, 0.6) is 0 Å². The molecule has 0 fully saturated rings. The van der Waals surface area contributed by atoms with Gasteiger partial charge in [0.05, 0.1) is 7.11 Å². The molecule has 16 heavy (non-hydrogen) atoms. The summed E-state index contributed by atoms with van der Waals surface area (Å²) in [7, 11) is 1.26. The zero-order valence-corrected chi connectivity index (χ0v) is 9.86. The van der Waals surface area contributed by atoms with Crippen molar-refractivity contribution >= 4 is 18.4 Å². The van der Waals surface area contributed by atoms with E-state index in [1.807, 2.05) is 0 Å². The molecule has 1 aliphatic carbocycles. The van der Waals surface area contributed by atoms with Gasteiger partial charge in [0.1, 0.15) is 6.04 Å². The van der Waals surface area contributed by atoms with Crippen LogP contribution < -0.4 is 5.73 Å². The topological polar surface area (TPSA) is 52.3 Å². The third kappa shape index (κ3) is 4.45. The Balaban J connectivity index is 0.00000225. The van der Waals surface area contributed by atoms with Gasteiger partial charge in [-0.2, -0.15) is 0 Å². The molecule has 0 saturated carbocycles. The first-order chi connectivity index (χ1) is 6.94. The summed E-state index contributed by atoms with van der Waals surface area (Å²) in [6, 6.07) is -0.743. The van der Waals surface area contributed by atoms with Gasteiger partial charge in [0.25, 0.3) is 5.92 Å². The van der Waals surface area contributed by atoms with Gasteiger partial charge in [0, 0.05) is 12.8 Å². The Hall–Kier alpha value is -0.680. The van der Waals surface area contributed by atoms with E-state index in [9.17, 15) is 13.6 Å². The summed E-state index contributed by atoms with van der Waals surface area (Å²) in [6.45, 7) is 0. The van der Waals surface area contributed by atoms with E-state index in [0.29, 0.717) is 12.8 Å². The molecule has 0 aromatic heterocycles. The van der Waals surface area contributed by atoms with Crippen molar-refractivity contribution in [3.8, 4) is 0 Å². The number of alkyl halides is 2. The standard InChI is InChI=1S/C10H15F2NO2.ClH/c1-15-9(14)8(13)6-7-2-4-10(11,12)5-3-7;/h2,8H,3-6,13H2,1H3;1H/t8-;/m0./s1. The number of nitrogens with two attached hydrogens (primary N) is 1. The minimum absolute atomic E-state index is 0. The molecular formula is C10H16ClF2NO2. The van der Waals surface area contributed by atoms with E-state index < -0.39 is 17.9 Å². The number of methoxy groups -OCH3 is 1. The van der Waals surface area contributed by atoms with Crippen LogP contribution in [-0.2, 0) is 9.53 Å². The fraction of sp³-hybridized carbons (Fsp3) is 0.700. The molecule has 0 saturated heterocycles. The third-order valence-electron chi connectivity index (χ3n) is 2.49. The van der Waals surface area contributed by atoms with E-state index in [2.05, 4.69) is 4.74 Å². The van der Waals surface area contributed by atoms with E-state index >= 15 is 0 Å². The van der Waals surface area contributed by atoms with E-state index in [1.54, 1.807) is 0 Å². The molecule has 0 aliphatic heterocycles. The fourth-order valence-corrected chi connectivity index (χ4v) is 1.54. The summed E-state index contributed by atoms with van der Waals surface area (Å²) in [6.07, 6.45) is 1.68. The highest BCUT2D eigenvalue weighted by molar-refractivity contribution is 5.85. The predicted molar refractivity (Wildman–Crippen MR) is 58.7 cm³/mol. The average molecular weight is 256 g/mol. The van der Waals surface area contributed by atoms with Crippen molar-refractivity contribution < 1.29 is 18.3 Å².